The van der Waals surface area contributed by atoms with Gasteiger partial charge in [-0.1, -0.05) is 217 Å². The maximum Gasteiger partial charge on any atom is 0.306 e. The molecule has 0 radical (unpaired) electrons. The number of rotatable bonds is 51. The van der Waals surface area contributed by atoms with Crippen molar-refractivity contribution in [2.75, 3.05) is 13.2 Å². The highest BCUT2D eigenvalue weighted by atomic mass is 16.6. The van der Waals surface area contributed by atoms with Crippen molar-refractivity contribution in [2.45, 2.75) is 297 Å². The van der Waals surface area contributed by atoms with E-state index in [0.717, 1.165) is 83.5 Å². The smallest absolute Gasteiger partial charge is 0.306 e. The van der Waals surface area contributed by atoms with Crippen molar-refractivity contribution >= 4 is 17.9 Å². The zero-order chi connectivity index (χ0) is 47.2. The minimum atomic E-state index is -0.783. The molecule has 0 aliphatic carbocycles. The molecule has 0 fully saturated rings. The van der Waals surface area contributed by atoms with E-state index in [9.17, 15) is 14.4 Å². The van der Waals surface area contributed by atoms with Gasteiger partial charge in [-0.2, -0.15) is 0 Å². The number of hydrogen-bond donors (Lipinski definition) is 0. The third kappa shape index (κ3) is 52.2. The van der Waals surface area contributed by atoms with Crippen LogP contribution in [-0.2, 0) is 28.6 Å². The van der Waals surface area contributed by atoms with Gasteiger partial charge >= 0.3 is 17.9 Å². The Bertz CT molecular complexity index is 1140. The molecule has 0 aromatic heterocycles. The standard InChI is InChI=1S/C59H106O6/c1-4-7-10-13-16-19-22-25-28-29-32-34-37-40-43-46-49-52-58(61)64-55-56(65-59(62)53-50-47-44-41-38-35-31-27-24-21-18-15-12-9-6-3)54-63-57(60)51-48-45-42-39-36-33-30-26-23-20-17-14-11-8-5-2/h18,20-21,23,25,27-28,31,56H,4-17,19,22,24,26,29-30,32-55H2,1-3H3/b21-18-,23-20-,28-25-,31-27-/t56-/m0/s1. The van der Waals surface area contributed by atoms with E-state index in [1.165, 1.54) is 167 Å². The van der Waals surface area contributed by atoms with Gasteiger partial charge in [-0.3, -0.25) is 14.4 Å². The molecule has 0 amide bonds. The van der Waals surface area contributed by atoms with E-state index in [2.05, 4.69) is 69.4 Å². The van der Waals surface area contributed by atoms with E-state index >= 15 is 0 Å². The maximum atomic E-state index is 12.8. The third-order valence-electron chi connectivity index (χ3n) is 12.3. The number of carbonyl (C=O) groups is 3. The summed E-state index contributed by atoms with van der Waals surface area (Å²) < 4.78 is 16.8. The Labute approximate surface area is 403 Å². The first-order valence-electron chi connectivity index (χ1n) is 28.1. The summed E-state index contributed by atoms with van der Waals surface area (Å²) >= 11 is 0. The van der Waals surface area contributed by atoms with Crippen molar-refractivity contribution in [1.82, 2.24) is 0 Å². The van der Waals surface area contributed by atoms with Crippen molar-refractivity contribution in [3.05, 3.63) is 48.6 Å². The van der Waals surface area contributed by atoms with Crippen LogP contribution in [0.4, 0.5) is 0 Å². The predicted molar refractivity (Wildman–Crippen MR) is 279 cm³/mol. The molecule has 1 atom stereocenters. The summed E-state index contributed by atoms with van der Waals surface area (Å²) in [6.45, 7) is 6.60. The summed E-state index contributed by atoms with van der Waals surface area (Å²) in [5.74, 6) is -0.893. The normalized spacial score (nSPS) is 12.4. The Morgan fingerprint density at radius 1 is 0.308 bits per heavy atom. The maximum absolute atomic E-state index is 12.8. The van der Waals surface area contributed by atoms with Crippen molar-refractivity contribution in [3.8, 4) is 0 Å². The minimum absolute atomic E-state index is 0.0812. The number of ether oxygens (including phenoxy) is 3. The van der Waals surface area contributed by atoms with Crippen LogP contribution in [0.3, 0.4) is 0 Å². The van der Waals surface area contributed by atoms with Gasteiger partial charge in [-0.05, 0) is 103 Å². The summed E-state index contributed by atoms with van der Waals surface area (Å²) in [7, 11) is 0. The van der Waals surface area contributed by atoms with Gasteiger partial charge in [-0.25, -0.2) is 0 Å². The minimum Gasteiger partial charge on any atom is -0.462 e. The number of carbonyl (C=O) groups excluding carboxylic acids is 3. The molecule has 0 rings (SSSR count). The van der Waals surface area contributed by atoms with Crippen LogP contribution in [0.15, 0.2) is 48.6 Å². The van der Waals surface area contributed by atoms with Gasteiger partial charge in [0, 0.05) is 19.3 Å². The summed E-state index contributed by atoms with van der Waals surface area (Å²) in [6, 6.07) is 0. The lowest BCUT2D eigenvalue weighted by Crippen LogP contribution is -2.30. The van der Waals surface area contributed by atoms with Gasteiger partial charge in [0.05, 0.1) is 0 Å². The van der Waals surface area contributed by atoms with Gasteiger partial charge < -0.3 is 14.2 Å². The molecule has 0 spiro atoms. The van der Waals surface area contributed by atoms with E-state index in [1.54, 1.807) is 0 Å². The first-order valence-corrected chi connectivity index (χ1v) is 28.1. The first kappa shape index (κ1) is 62.4. The Balaban J connectivity index is 4.39. The molecule has 0 saturated carbocycles. The topological polar surface area (TPSA) is 78.9 Å². The zero-order valence-electron chi connectivity index (χ0n) is 43.3. The predicted octanol–water partition coefficient (Wildman–Crippen LogP) is 18.7. The molecule has 0 aliphatic heterocycles. The lowest BCUT2D eigenvalue weighted by molar-refractivity contribution is -0.167. The molecule has 65 heavy (non-hydrogen) atoms. The summed E-state index contributed by atoms with van der Waals surface area (Å²) in [6.07, 6.45) is 65.2. The quantitative estimate of drug-likeness (QED) is 0.0262. The van der Waals surface area contributed by atoms with Crippen molar-refractivity contribution in [1.29, 1.82) is 0 Å². The largest absolute Gasteiger partial charge is 0.462 e. The Morgan fingerprint density at radius 2 is 0.554 bits per heavy atom. The van der Waals surface area contributed by atoms with Crippen LogP contribution in [0.1, 0.15) is 290 Å². The van der Waals surface area contributed by atoms with Crippen LogP contribution < -0.4 is 0 Å². The fourth-order valence-electron chi connectivity index (χ4n) is 7.99. The first-order chi connectivity index (χ1) is 32.0. The Hall–Kier alpha value is -2.63. The molecule has 378 valence electrons. The van der Waals surface area contributed by atoms with Gasteiger partial charge in [-0.15, -0.1) is 0 Å². The highest BCUT2D eigenvalue weighted by Gasteiger charge is 2.19. The molecule has 0 aromatic carbocycles. The van der Waals surface area contributed by atoms with Crippen LogP contribution in [0.5, 0.6) is 0 Å². The Kier molecular flexibility index (Phi) is 51.8. The summed E-state index contributed by atoms with van der Waals surface area (Å²) in [5.41, 5.74) is 0. The summed E-state index contributed by atoms with van der Waals surface area (Å²) in [5, 5.41) is 0. The van der Waals surface area contributed by atoms with Crippen LogP contribution in [0.2, 0.25) is 0 Å². The fraction of sp³-hybridized carbons (Fsp3) is 0.814. The number of esters is 3. The van der Waals surface area contributed by atoms with Gasteiger partial charge in [0.1, 0.15) is 13.2 Å². The molecule has 6 nitrogen and oxygen atoms in total. The Morgan fingerprint density at radius 3 is 0.908 bits per heavy atom. The molecule has 0 bridgehead atoms. The lowest BCUT2D eigenvalue weighted by atomic mass is 10.1. The second-order valence-electron chi connectivity index (χ2n) is 18.8. The molecule has 6 heteroatoms. The monoisotopic (exact) mass is 911 g/mol. The SMILES string of the molecule is CCCCC/C=C\C/C=C\CCCCCCCC(=O)O[C@@H](COC(=O)CCCCCCCCC/C=C\CCCCCC)COC(=O)CCCCCCCCC/C=C\CCCCCCCC. The zero-order valence-corrected chi connectivity index (χ0v) is 43.3. The second-order valence-corrected chi connectivity index (χ2v) is 18.8. The molecule has 0 aliphatic rings. The van der Waals surface area contributed by atoms with Crippen LogP contribution in [0.25, 0.3) is 0 Å². The van der Waals surface area contributed by atoms with Crippen molar-refractivity contribution < 1.29 is 28.6 Å². The highest BCUT2D eigenvalue weighted by Crippen LogP contribution is 2.15. The van der Waals surface area contributed by atoms with E-state index in [4.69, 9.17) is 14.2 Å². The molecular formula is C59H106O6. The second kappa shape index (κ2) is 54.0. The van der Waals surface area contributed by atoms with Crippen LogP contribution in [-0.4, -0.2) is 37.2 Å². The highest BCUT2D eigenvalue weighted by molar-refractivity contribution is 5.71. The lowest BCUT2D eigenvalue weighted by Gasteiger charge is -2.18. The number of allylic oxidation sites excluding steroid dienone is 8. The van der Waals surface area contributed by atoms with E-state index in [-0.39, 0.29) is 31.1 Å². The molecule has 0 saturated heterocycles. The van der Waals surface area contributed by atoms with E-state index in [1.807, 2.05) is 0 Å². The number of unbranched alkanes of at least 4 members (excludes halogenated alkanes) is 32. The van der Waals surface area contributed by atoms with Gasteiger partial charge in [0.2, 0.25) is 0 Å². The summed E-state index contributed by atoms with van der Waals surface area (Å²) in [4.78, 5) is 38.1. The van der Waals surface area contributed by atoms with Crippen molar-refractivity contribution in [2.24, 2.45) is 0 Å². The third-order valence-corrected chi connectivity index (χ3v) is 12.3. The molecule has 0 heterocycles. The molecule has 0 unspecified atom stereocenters. The van der Waals surface area contributed by atoms with Gasteiger partial charge in [0.25, 0.3) is 0 Å². The molecular weight excluding hydrogens is 805 g/mol. The van der Waals surface area contributed by atoms with E-state index < -0.39 is 6.10 Å². The fourth-order valence-corrected chi connectivity index (χ4v) is 7.99. The van der Waals surface area contributed by atoms with Crippen molar-refractivity contribution in [3.63, 3.8) is 0 Å². The van der Waals surface area contributed by atoms with Crippen LogP contribution >= 0.6 is 0 Å². The average Bonchev–Trinajstić information content (AvgIpc) is 3.30. The average molecular weight is 911 g/mol. The van der Waals surface area contributed by atoms with E-state index in [0.29, 0.717) is 19.3 Å². The molecule has 0 aromatic rings. The van der Waals surface area contributed by atoms with Gasteiger partial charge in [0.15, 0.2) is 6.10 Å². The number of hydrogen-bond acceptors (Lipinski definition) is 6. The molecule has 0 N–H and O–H groups in total. The van der Waals surface area contributed by atoms with Crippen LogP contribution in [0, 0.1) is 0 Å².